The second-order valence-electron chi connectivity index (χ2n) is 8.23. The predicted octanol–water partition coefficient (Wildman–Crippen LogP) is 4.32. The minimum absolute atomic E-state index is 0.0169. The molecule has 4 fully saturated rings. The van der Waals surface area contributed by atoms with E-state index >= 15 is 0 Å². The van der Waals surface area contributed by atoms with Crippen LogP contribution in [0.25, 0.3) is 0 Å². The number of nitrogens with zero attached hydrogens (tertiary/aromatic N) is 2. The number of phenols is 1. The topological polar surface area (TPSA) is 75.7 Å². The molecular formula is C19H24N2O3. The minimum atomic E-state index is -0.445. The maximum absolute atomic E-state index is 10.9. The monoisotopic (exact) mass is 328 g/mol. The lowest BCUT2D eigenvalue weighted by molar-refractivity contribution is -0.384. The van der Waals surface area contributed by atoms with Gasteiger partial charge in [0.2, 0.25) is 0 Å². The SMILES string of the molecule is CC(N=Cc1cc([N+](=O)[O-])ccc1O)C12CC3CC(CC(C3)C1)C2. The Morgan fingerprint density at radius 1 is 1.25 bits per heavy atom. The zero-order chi connectivity index (χ0) is 16.9. The van der Waals surface area contributed by atoms with Gasteiger partial charge in [0.25, 0.3) is 5.69 Å². The highest BCUT2D eigenvalue weighted by molar-refractivity contribution is 5.84. The van der Waals surface area contributed by atoms with Crippen LogP contribution < -0.4 is 0 Å². The Kier molecular flexibility index (Phi) is 3.62. The summed E-state index contributed by atoms with van der Waals surface area (Å²) in [5.41, 5.74) is 0.721. The smallest absolute Gasteiger partial charge is 0.270 e. The van der Waals surface area contributed by atoms with Crippen molar-refractivity contribution in [2.75, 3.05) is 0 Å². The van der Waals surface area contributed by atoms with Gasteiger partial charge in [-0.2, -0.15) is 0 Å². The van der Waals surface area contributed by atoms with Gasteiger partial charge in [0.05, 0.1) is 11.0 Å². The standard InChI is InChI=1S/C19H24N2O3/c1-12(19-8-13-4-14(9-19)6-15(5-13)10-19)20-11-16-7-17(21(23)24)2-3-18(16)22/h2-3,7,11-15,22H,4-6,8-10H2,1H3. The number of hydrogen-bond donors (Lipinski definition) is 1. The van der Waals surface area contributed by atoms with Crippen LogP contribution in [0.1, 0.15) is 51.0 Å². The number of nitro benzene ring substituents is 1. The summed E-state index contributed by atoms with van der Waals surface area (Å²) >= 11 is 0. The van der Waals surface area contributed by atoms with Crippen molar-refractivity contribution in [2.45, 2.75) is 51.5 Å². The number of benzene rings is 1. The van der Waals surface area contributed by atoms with Gasteiger partial charge in [-0.05, 0) is 74.7 Å². The maximum Gasteiger partial charge on any atom is 0.270 e. The van der Waals surface area contributed by atoms with Gasteiger partial charge in [-0.15, -0.1) is 0 Å². The maximum atomic E-state index is 10.9. The van der Waals surface area contributed by atoms with Crippen molar-refractivity contribution in [1.29, 1.82) is 0 Å². The van der Waals surface area contributed by atoms with Gasteiger partial charge in [0.15, 0.2) is 0 Å². The third-order valence-electron chi connectivity index (χ3n) is 6.63. The molecule has 128 valence electrons. The quantitative estimate of drug-likeness (QED) is 0.508. The van der Waals surface area contributed by atoms with Crippen LogP contribution in [0, 0.1) is 33.3 Å². The van der Waals surface area contributed by atoms with Crippen LogP contribution in [-0.2, 0) is 0 Å². The summed E-state index contributed by atoms with van der Waals surface area (Å²) < 4.78 is 0. The van der Waals surface area contributed by atoms with E-state index in [0.29, 0.717) is 11.0 Å². The highest BCUT2D eigenvalue weighted by Gasteiger charge is 2.53. The first-order chi connectivity index (χ1) is 11.4. The average Bonchev–Trinajstić information content (AvgIpc) is 2.52. The van der Waals surface area contributed by atoms with Crippen LogP contribution >= 0.6 is 0 Å². The van der Waals surface area contributed by atoms with Crippen LogP contribution in [0.4, 0.5) is 5.69 Å². The molecule has 4 bridgehead atoms. The predicted molar refractivity (Wildman–Crippen MR) is 92.4 cm³/mol. The molecule has 5 rings (SSSR count). The van der Waals surface area contributed by atoms with Crippen molar-refractivity contribution in [1.82, 2.24) is 0 Å². The second kappa shape index (κ2) is 5.57. The zero-order valence-electron chi connectivity index (χ0n) is 14.0. The van der Waals surface area contributed by atoms with E-state index < -0.39 is 4.92 Å². The van der Waals surface area contributed by atoms with E-state index in [9.17, 15) is 15.2 Å². The molecule has 4 aliphatic rings. The van der Waals surface area contributed by atoms with Crippen molar-refractivity contribution >= 4 is 11.9 Å². The molecule has 1 aromatic carbocycles. The van der Waals surface area contributed by atoms with Gasteiger partial charge >= 0.3 is 0 Å². The average molecular weight is 328 g/mol. The molecule has 5 nitrogen and oxygen atoms in total. The van der Waals surface area contributed by atoms with E-state index in [-0.39, 0.29) is 17.5 Å². The lowest BCUT2D eigenvalue weighted by Crippen LogP contribution is -2.50. The molecular weight excluding hydrogens is 304 g/mol. The molecule has 0 aliphatic heterocycles. The van der Waals surface area contributed by atoms with E-state index in [1.807, 2.05) is 0 Å². The summed E-state index contributed by atoms with van der Waals surface area (Å²) in [4.78, 5) is 15.2. The number of nitro groups is 1. The van der Waals surface area contributed by atoms with Crippen LogP contribution in [0.15, 0.2) is 23.2 Å². The van der Waals surface area contributed by atoms with Crippen molar-refractivity contribution in [3.63, 3.8) is 0 Å². The van der Waals surface area contributed by atoms with Gasteiger partial charge in [0.1, 0.15) is 5.75 Å². The Morgan fingerprint density at radius 3 is 2.38 bits per heavy atom. The molecule has 24 heavy (non-hydrogen) atoms. The first-order valence-electron chi connectivity index (χ1n) is 8.96. The zero-order valence-corrected chi connectivity index (χ0v) is 14.0. The molecule has 1 aromatic rings. The largest absolute Gasteiger partial charge is 0.507 e. The van der Waals surface area contributed by atoms with Crippen LogP contribution in [0.3, 0.4) is 0 Å². The number of rotatable bonds is 4. The molecule has 0 heterocycles. The van der Waals surface area contributed by atoms with Gasteiger partial charge < -0.3 is 5.11 Å². The van der Waals surface area contributed by atoms with Crippen molar-refractivity contribution in [3.8, 4) is 5.75 Å². The van der Waals surface area contributed by atoms with Crippen LogP contribution in [0.5, 0.6) is 5.75 Å². The molecule has 0 spiro atoms. The van der Waals surface area contributed by atoms with E-state index in [1.165, 1.54) is 56.7 Å². The first-order valence-corrected chi connectivity index (χ1v) is 8.96. The minimum Gasteiger partial charge on any atom is -0.507 e. The fourth-order valence-electron chi connectivity index (χ4n) is 5.80. The number of phenolic OH excluding ortho intramolecular Hbond substituents is 1. The Labute approximate surface area is 142 Å². The third kappa shape index (κ3) is 2.60. The molecule has 0 aromatic heterocycles. The molecule has 1 atom stereocenters. The lowest BCUT2D eigenvalue weighted by Gasteiger charge is -2.58. The molecule has 0 radical (unpaired) electrons. The summed E-state index contributed by atoms with van der Waals surface area (Å²) in [6.45, 7) is 2.18. The Balaban J connectivity index is 1.56. The second-order valence-corrected chi connectivity index (χ2v) is 8.23. The fourth-order valence-corrected chi connectivity index (χ4v) is 5.80. The van der Waals surface area contributed by atoms with Crippen LogP contribution in [0.2, 0.25) is 0 Å². The lowest BCUT2D eigenvalue weighted by atomic mass is 9.48. The molecule has 1 N–H and O–H groups in total. The molecule has 4 saturated carbocycles. The molecule has 1 unspecified atom stereocenters. The van der Waals surface area contributed by atoms with E-state index in [2.05, 4.69) is 6.92 Å². The van der Waals surface area contributed by atoms with Gasteiger partial charge in [-0.3, -0.25) is 15.1 Å². The van der Waals surface area contributed by atoms with E-state index in [1.54, 1.807) is 6.21 Å². The van der Waals surface area contributed by atoms with Crippen molar-refractivity contribution in [2.24, 2.45) is 28.2 Å². The molecule has 0 saturated heterocycles. The van der Waals surface area contributed by atoms with E-state index in [0.717, 1.165) is 17.8 Å². The number of aromatic hydroxyl groups is 1. The Bertz CT molecular complexity index is 663. The van der Waals surface area contributed by atoms with Crippen molar-refractivity contribution in [3.05, 3.63) is 33.9 Å². The summed E-state index contributed by atoms with van der Waals surface area (Å²) in [5.74, 6) is 2.67. The summed E-state index contributed by atoms with van der Waals surface area (Å²) in [5, 5.41) is 20.9. The highest BCUT2D eigenvalue weighted by atomic mass is 16.6. The molecule has 5 heteroatoms. The van der Waals surface area contributed by atoms with Crippen molar-refractivity contribution < 1.29 is 10.0 Å². The van der Waals surface area contributed by atoms with Gasteiger partial charge in [-0.1, -0.05) is 0 Å². The summed E-state index contributed by atoms with van der Waals surface area (Å²) in [6.07, 6.45) is 9.67. The third-order valence-corrected chi connectivity index (χ3v) is 6.63. The van der Waals surface area contributed by atoms with Gasteiger partial charge in [-0.25, -0.2) is 0 Å². The summed E-state index contributed by atoms with van der Waals surface area (Å²) in [7, 11) is 0. The summed E-state index contributed by atoms with van der Waals surface area (Å²) in [6, 6.07) is 4.28. The molecule has 0 amide bonds. The Morgan fingerprint density at radius 2 is 1.83 bits per heavy atom. The highest BCUT2D eigenvalue weighted by Crippen LogP contribution is 2.61. The van der Waals surface area contributed by atoms with Gasteiger partial charge in [0, 0.05) is 23.9 Å². The number of non-ortho nitro benzene ring substituents is 1. The molecule has 4 aliphatic carbocycles. The fraction of sp³-hybridized carbons (Fsp3) is 0.632. The normalized spacial score (nSPS) is 35.5. The first kappa shape index (κ1) is 15.6. The number of hydrogen-bond acceptors (Lipinski definition) is 4. The van der Waals surface area contributed by atoms with Crippen LogP contribution in [-0.4, -0.2) is 22.3 Å². The van der Waals surface area contributed by atoms with E-state index in [4.69, 9.17) is 4.99 Å². The Hall–Kier alpha value is -1.91. The number of aliphatic imine (C=N–C) groups is 1.